The number of nitrogens with zero attached hydrogens (tertiary/aromatic N) is 5. The van der Waals surface area contributed by atoms with Crippen molar-refractivity contribution in [1.82, 2.24) is 8.75 Å². The van der Waals surface area contributed by atoms with Crippen LogP contribution in [0.4, 0.5) is 0 Å². The van der Waals surface area contributed by atoms with Gasteiger partial charge in [-0.3, -0.25) is 0 Å². The minimum atomic E-state index is -0.0572. The van der Waals surface area contributed by atoms with Crippen LogP contribution in [0.1, 0.15) is 10.9 Å². The Bertz CT molecular complexity index is 1060. The van der Waals surface area contributed by atoms with Crippen molar-refractivity contribution in [3.8, 4) is 20.9 Å². The highest BCUT2D eigenvalue weighted by Crippen LogP contribution is 2.39. The molecule has 116 valence electrons. The van der Waals surface area contributed by atoms with Gasteiger partial charge in [0.2, 0.25) is 0 Å². The molecule has 0 amide bonds. The molecule has 1 atom stereocenters. The lowest BCUT2D eigenvalue weighted by Gasteiger charge is -2.03. The molecular formula is C16H9N5S3. The Morgan fingerprint density at radius 1 is 0.875 bits per heavy atom. The van der Waals surface area contributed by atoms with Crippen molar-refractivity contribution < 1.29 is 0 Å². The van der Waals surface area contributed by atoms with Gasteiger partial charge in [0.15, 0.2) is 0 Å². The van der Waals surface area contributed by atoms with Gasteiger partial charge in [0.05, 0.1) is 17.9 Å². The monoisotopic (exact) mass is 367 g/mol. The van der Waals surface area contributed by atoms with E-state index in [4.69, 9.17) is 0 Å². The second-order valence-corrected chi connectivity index (χ2v) is 7.81. The SMILES string of the molecule is C1=NN=NC1c1ccc(-c2ccc(-c3cccs3)c3nsnc23)s1. The predicted molar refractivity (Wildman–Crippen MR) is 100 cm³/mol. The fraction of sp³-hybridized carbons (Fsp3) is 0.0625. The van der Waals surface area contributed by atoms with Crippen molar-refractivity contribution in [2.24, 2.45) is 15.4 Å². The summed E-state index contributed by atoms with van der Waals surface area (Å²) in [6.07, 6.45) is 1.76. The van der Waals surface area contributed by atoms with Gasteiger partial charge >= 0.3 is 0 Å². The van der Waals surface area contributed by atoms with Crippen LogP contribution in [-0.4, -0.2) is 15.0 Å². The molecule has 1 aliphatic rings. The highest BCUT2D eigenvalue weighted by molar-refractivity contribution is 7.16. The van der Waals surface area contributed by atoms with Crippen LogP contribution in [0.15, 0.2) is 57.2 Å². The van der Waals surface area contributed by atoms with Crippen molar-refractivity contribution in [1.29, 1.82) is 0 Å². The van der Waals surface area contributed by atoms with Gasteiger partial charge in [-0.05, 0) is 28.8 Å². The summed E-state index contributed by atoms with van der Waals surface area (Å²) in [7, 11) is 0. The third kappa shape index (κ3) is 2.22. The normalized spacial score (nSPS) is 16.4. The first-order valence-corrected chi connectivity index (χ1v) is 9.65. The Morgan fingerprint density at radius 3 is 2.42 bits per heavy atom. The summed E-state index contributed by atoms with van der Waals surface area (Å²) in [6, 6.07) is 12.6. The lowest BCUT2D eigenvalue weighted by Crippen LogP contribution is -1.87. The average molecular weight is 367 g/mol. The van der Waals surface area contributed by atoms with Gasteiger partial charge in [-0.2, -0.15) is 13.9 Å². The molecule has 4 heterocycles. The van der Waals surface area contributed by atoms with E-state index >= 15 is 0 Å². The van der Waals surface area contributed by atoms with Crippen molar-refractivity contribution in [3.05, 3.63) is 46.7 Å². The minimum absolute atomic E-state index is 0.0572. The van der Waals surface area contributed by atoms with Crippen LogP contribution in [0.5, 0.6) is 0 Å². The molecule has 8 heteroatoms. The van der Waals surface area contributed by atoms with Gasteiger partial charge in [0.25, 0.3) is 0 Å². The van der Waals surface area contributed by atoms with Gasteiger partial charge in [0, 0.05) is 25.8 Å². The zero-order valence-electron chi connectivity index (χ0n) is 12.2. The Hall–Kier alpha value is -2.29. The molecule has 3 aromatic heterocycles. The molecule has 0 bridgehead atoms. The standard InChI is InChI=1S/C16H9N5S3/c1-2-12(22-7-1)9-3-4-10(16-15(9)19-24-20-16)13-5-6-14(23-13)11-8-17-21-18-11/h1-8,11H. The minimum Gasteiger partial charge on any atom is -0.172 e. The van der Waals surface area contributed by atoms with Crippen LogP contribution in [0.3, 0.4) is 0 Å². The summed E-state index contributed by atoms with van der Waals surface area (Å²) < 4.78 is 9.08. The molecule has 0 saturated heterocycles. The summed E-state index contributed by atoms with van der Waals surface area (Å²) in [4.78, 5) is 3.51. The van der Waals surface area contributed by atoms with E-state index in [1.165, 1.54) is 16.6 Å². The lowest BCUT2D eigenvalue weighted by atomic mass is 10.1. The van der Waals surface area contributed by atoms with E-state index in [1.54, 1.807) is 28.9 Å². The Kier molecular flexibility index (Phi) is 3.32. The number of hydrogen-bond donors (Lipinski definition) is 0. The van der Waals surface area contributed by atoms with E-state index in [1.807, 2.05) is 0 Å². The van der Waals surface area contributed by atoms with Gasteiger partial charge < -0.3 is 0 Å². The fourth-order valence-electron chi connectivity index (χ4n) is 2.69. The molecule has 5 nitrogen and oxygen atoms in total. The molecule has 0 saturated carbocycles. The van der Waals surface area contributed by atoms with E-state index in [2.05, 4.69) is 66.0 Å². The van der Waals surface area contributed by atoms with Crippen molar-refractivity contribution in [2.75, 3.05) is 0 Å². The molecule has 0 N–H and O–H groups in total. The molecule has 1 unspecified atom stereocenters. The van der Waals surface area contributed by atoms with Gasteiger partial charge in [-0.1, -0.05) is 18.2 Å². The Balaban J connectivity index is 1.63. The summed E-state index contributed by atoms with van der Waals surface area (Å²) in [5.41, 5.74) is 4.19. The molecule has 5 rings (SSSR count). The first kappa shape index (κ1) is 14.1. The Labute approximate surface area is 149 Å². The molecule has 0 aliphatic carbocycles. The zero-order chi connectivity index (χ0) is 15.9. The molecular weight excluding hydrogens is 358 g/mol. The molecule has 1 aromatic carbocycles. The van der Waals surface area contributed by atoms with E-state index < -0.39 is 0 Å². The predicted octanol–water partition coefficient (Wildman–Crippen LogP) is 5.64. The maximum atomic E-state index is 4.55. The van der Waals surface area contributed by atoms with Crippen molar-refractivity contribution >= 4 is 51.6 Å². The number of aromatic nitrogens is 2. The molecule has 4 aromatic rings. The highest BCUT2D eigenvalue weighted by atomic mass is 32.1. The van der Waals surface area contributed by atoms with Crippen LogP contribution >= 0.6 is 34.4 Å². The summed E-state index contributed by atoms with van der Waals surface area (Å²) in [5.74, 6) is 0. The van der Waals surface area contributed by atoms with Crippen molar-refractivity contribution in [3.63, 3.8) is 0 Å². The number of fused-ring (bicyclic) bond motifs is 1. The number of benzene rings is 1. The number of hydrogen-bond acceptors (Lipinski definition) is 8. The topological polar surface area (TPSA) is 62.9 Å². The maximum Gasteiger partial charge on any atom is 0.144 e. The second-order valence-electron chi connectivity index (χ2n) is 5.22. The van der Waals surface area contributed by atoms with E-state index in [9.17, 15) is 0 Å². The lowest BCUT2D eigenvalue weighted by molar-refractivity contribution is 0.924. The van der Waals surface area contributed by atoms with Crippen LogP contribution in [0.25, 0.3) is 31.9 Å². The quantitative estimate of drug-likeness (QED) is 0.470. The zero-order valence-corrected chi connectivity index (χ0v) is 14.6. The Morgan fingerprint density at radius 2 is 1.71 bits per heavy atom. The van der Waals surface area contributed by atoms with Crippen molar-refractivity contribution in [2.45, 2.75) is 6.04 Å². The number of thiophene rings is 2. The molecule has 1 aliphatic heterocycles. The molecule has 0 fully saturated rings. The molecule has 0 radical (unpaired) electrons. The smallest absolute Gasteiger partial charge is 0.144 e. The second kappa shape index (κ2) is 5.66. The first-order valence-electron chi connectivity index (χ1n) is 7.23. The van der Waals surface area contributed by atoms with Crippen LogP contribution in [0.2, 0.25) is 0 Å². The molecule has 0 spiro atoms. The number of rotatable bonds is 3. The summed E-state index contributed by atoms with van der Waals surface area (Å²) in [5, 5.41) is 13.7. The third-order valence-electron chi connectivity index (χ3n) is 3.82. The van der Waals surface area contributed by atoms with E-state index in [0.29, 0.717) is 0 Å². The first-order chi connectivity index (χ1) is 11.9. The van der Waals surface area contributed by atoms with Crippen LogP contribution in [0, 0.1) is 0 Å². The van der Waals surface area contributed by atoms with Crippen LogP contribution < -0.4 is 0 Å². The summed E-state index contributed by atoms with van der Waals surface area (Å²) in [6.45, 7) is 0. The van der Waals surface area contributed by atoms with E-state index in [-0.39, 0.29) is 6.04 Å². The largest absolute Gasteiger partial charge is 0.172 e. The maximum absolute atomic E-state index is 4.55. The highest BCUT2D eigenvalue weighted by Gasteiger charge is 2.18. The van der Waals surface area contributed by atoms with E-state index in [0.717, 1.165) is 31.9 Å². The van der Waals surface area contributed by atoms with Gasteiger partial charge in [0.1, 0.15) is 17.1 Å². The third-order valence-corrected chi connectivity index (χ3v) is 6.44. The molecule has 24 heavy (non-hydrogen) atoms. The fourth-order valence-corrected chi connectivity index (χ4v) is 5.05. The van der Waals surface area contributed by atoms with Gasteiger partial charge in [-0.25, -0.2) is 0 Å². The average Bonchev–Trinajstić information content (AvgIpc) is 3.42. The summed E-state index contributed by atoms with van der Waals surface area (Å²) >= 11 is 4.68. The van der Waals surface area contributed by atoms with Gasteiger partial charge in [-0.15, -0.1) is 27.8 Å². The van der Waals surface area contributed by atoms with Crippen LogP contribution in [-0.2, 0) is 0 Å².